The average Bonchev–Trinajstić information content (AvgIpc) is 2.51. The van der Waals surface area contributed by atoms with E-state index in [0.717, 1.165) is 6.42 Å². The molecule has 0 spiro atoms. The molecule has 0 nitrogen and oxygen atoms in total. The topological polar surface area (TPSA) is 0 Å². The summed E-state index contributed by atoms with van der Waals surface area (Å²) in [4.78, 5) is 0. The zero-order chi connectivity index (χ0) is 12.9. The summed E-state index contributed by atoms with van der Waals surface area (Å²) in [5, 5.41) is 0. The fraction of sp³-hybridized carbons (Fsp3) is 0.158. The van der Waals surface area contributed by atoms with Gasteiger partial charge in [0.25, 0.3) is 0 Å². The van der Waals surface area contributed by atoms with Crippen molar-refractivity contribution in [1.82, 2.24) is 0 Å². The van der Waals surface area contributed by atoms with Gasteiger partial charge in [-0.15, -0.1) is 0 Å². The van der Waals surface area contributed by atoms with Crippen molar-refractivity contribution in [3.8, 4) is 0 Å². The second-order valence-corrected chi connectivity index (χ2v) is 4.97. The van der Waals surface area contributed by atoms with E-state index in [-0.39, 0.29) is 0 Å². The third-order valence-corrected chi connectivity index (χ3v) is 3.69. The maximum Gasteiger partial charge on any atom is 0.0187 e. The highest BCUT2D eigenvalue weighted by molar-refractivity contribution is 5.36. The largest absolute Gasteiger partial charge is 0.0841 e. The molecule has 0 saturated carbocycles. The lowest BCUT2D eigenvalue weighted by Gasteiger charge is -2.25. The zero-order valence-electron chi connectivity index (χ0n) is 10.9. The monoisotopic (exact) mass is 246 g/mol. The van der Waals surface area contributed by atoms with Crippen LogP contribution in [0.4, 0.5) is 0 Å². The molecule has 0 bridgehead atoms. The fourth-order valence-corrected chi connectivity index (χ4v) is 2.79. The summed E-state index contributed by atoms with van der Waals surface area (Å²) in [5.74, 6) is 0.869. The van der Waals surface area contributed by atoms with Crippen LogP contribution in [-0.4, -0.2) is 0 Å². The Hall–Kier alpha value is -2.08. The Bertz CT molecular complexity index is 512. The van der Waals surface area contributed by atoms with E-state index in [1.165, 1.54) is 11.1 Å². The molecule has 0 fully saturated rings. The Morgan fingerprint density at radius 3 is 1.63 bits per heavy atom. The highest BCUT2D eigenvalue weighted by atomic mass is 14.2. The van der Waals surface area contributed by atoms with E-state index < -0.39 is 0 Å². The first-order valence-corrected chi connectivity index (χ1v) is 6.88. The molecule has 0 N–H and O–H groups in total. The van der Waals surface area contributed by atoms with Gasteiger partial charge in [-0.25, -0.2) is 0 Å². The summed E-state index contributed by atoms with van der Waals surface area (Å²) in [6.45, 7) is 0. The van der Waals surface area contributed by atoms with Gasteiger partial charge in [0.05, 0.1) is 0 Å². The predicted molar refractivity (Wildman–Crippen MR) is 81.1 cm³/mol. The van der Waals surface area contributed by atoms with Crippen LogP contribution < -0.4 is 0 Å². The van der Waals surface area contributed by atoms with Crippen LogP contribution in [-0.2, 0) is 0 Å². The van der Waals surface area contributed by atoms with Crippen LogP contribution in [0.2, 0.25) is 0 Å². The van der Waals surface area contributed by atoms with Crippen molar-refractivity contribution < 1.29 is 0 Å². The lowest BCUT2D eigenvalue weighted by Crippen LogP contribution is -2.11. The maximum absolute atomic E-state index is 2.34. The first-order valence-electron chi connectivity index (χ1n) is 6.88. The van der Waals surface area contributed by atoms with Crippen LogP contribution in [0, 0.1) is 5.92 Å². The van der Waals surface area contributed by atoms with E-state index in [0.29, 0.717) is 11.8 Å². The molecule has 19 heavy (non-hydrogen) atoms. The number of rotatable bonds is 3. The molecule has 3 rings (SSSR count). The fourth-order valence-electron chi connectivity index (χ4n) is 2.79. The molecular weight excluding hydrogens is 228 g/mol. The molecule has 0 aliphatic heterocycles. The van der Waals surface area contributed by atoms with Gasteiger partial charge in [-0.3, -0.25) is 0 Å². The minimum absolute atomic E-state index is 0.412. The molecule has 1 aliphatic carbocycles. The third kappa shape index (κ3) is 2.68. The zero-order valence-corrected chi connectivity index (χ0v) is 10.9. The lowest BCUT2D eigenvalue weighted by atomic mass is 9.79. The van der Waals surface area contributed by atoms with Crippen molar-refractivity contribution >= 4 is 0 Å². The van der Waals surface area contributed by atoms with Crippen LogP contribution in [0.5, 0.6) is 0 Å². The molecule has 0 aromatic heterocycles. The second-order valence-electron chi connectivity index (χ2n) is 4.97. The van der Waals surface area contributed by atoms with Crippen LogP contribution in [0.1, 0.15) is 23.5 Å². The Balaban J connectivity index is 2.03. The molecular formula is C19H18. The van der Waals surface area contributed by atoms with Crippen LogP contribution >= 0.6 is 0 Å². The Morgan fingerprint density at radius 2 is 1.16 bits per heavy atom. The van der Waals surface area contributed by atoms with Crippen molar-refractivity contribution in [1.29, 1.82) is 0 Å². The molecule has 0 atom stereocenters. The summed E-state index contributed by atoms with van der Waals surface area (Å²) < 4.78 is 0. The Morgan fingerprint density at radius 1 is 0.684 bits per heavy atom. The van der Waals surface area contributed by atoms with Gasteiger partial charge < -0.3 is 0 Å². The summed E-state index contributed by atoms with van der Waals surface area (Å²) in [7, 11) is 0. The van der Waals surface area contributed by atoms with E-state index in [1.54, 1.807) is 0 Å². The van der Waals surface area contributed by atoms with E-state index in [9.17, 15) is 0 Å². The molecule has 1 aliphatic rings. The van der Waals surface area contributed by atoms with Gasteiger partial charge in [0.15, 0.2) is 0 Å². The van der Waals surface area contributed by atoms with Crippen molar-refractivity contribution in [3.63, 3.8) is 0 Å². The lowest BCUT2D eigenvalue weighted by molar-refractivity contribution is 0.676. The molecule has 2 aromatic rings. The summed E-state index contributed by atoms with van der Waals surface area (Å²) in [6.07, 6.45) is 10.3. The minimum Gasteiger partial charge on any atom is -0.0841 e. The molecule has 94 valence electrons. The van der Waals surface area contributed by atoms with Gasteiger partial charge in [0.2, 0.25) is 0 Å². The van der Waals surface area contributed by atoms with Crippen molar-refractivity contribution in [2.45, 2.75) is 12.3 Å². The van der Waals surface area contributed by atoms with Crippen molar-refractivity contribution in [3.05, 3.63) is 96.1 Å². The summed E-state index contributed by atoms with van der Waals surface area (Å²) >= 11 is 0. The first kappa shape index (κ1) is 12.0. The third-order valence-electron chi connectivity index (χ3n) is 3.69. The Labute approximate surface area is 115 Å². The van der Waals surface area contributed by atoms with Gasteiger partial charge >= 0.3 is 0 Å². The maximum atomic E-state index is 2.34. The smallest absolute Gasteiger partial charge is 0.0187 e. The normalized spacial score (nSPS) is 15.0. The average molecular weight is 246 g/mol. The van der Waals surface area contributed by atoms with Crippen molar-refractivity contribution in [2.24, 2.45) is 5.92 Å². The standard InChI is InChI=1S/C19H18/c1-4-10-16(11-5-1)19(17-12-6-2-7-13-17)18-14-8-3-9-15-18/h1-2,4-15,18-19H,3H2. The molecule has 0 radical (unpaired) electrons. The highest BCUT2D eigenvalue weighted by Crippen LogP contribution is 2.34. The van der Waals surface area contributed by atoms with Crippen LogP contribution in [0.3, 0.4) is 0 Å². The van der Waals surface area contributed by atoms with E-state index in [2.05, 4.69) is 85.0 Å². The first-order chi connectivity index (χ1) is 9.45. The molecule has 0 amide bonds. The summed E-state index contributed by atoms with van der Waals surface area (Å²) in [5.41, 5.74) is 2.77. The van der Waals surface area contributed by atoms with Crippen LogP contribution in [0.25, 0.3) is 0 Å². The predicted octanol–water partition coefficient (Wildman–Crippen LogP) is 4.95. The number of hydrogen-bond donors (Lipinski definition) is 0. The van der Waals surface area contributed by atoms with Gasteiger partial charge in [-0.05, 0) is 17.5 Å². The number of allylic oxidation sites excluding steroid dienone is 4. The second kappa shape index (κ2) is 5.71. The molecule has 2 aromatic carbocycles. The minimum atomic E-state index is 0.412. The van der Waals surface area contributed by atoms with Gasteiger partial charge in [-0.1, -0.05) is 85.0 Å². The Kier molecular flexibility index (Phi) is 3.60. The molecule has 0 unspecified atom stereocenters. The number of benzene rings is 2. The van der Waals surface area contributed by atoms with Crippen LogP contribution in [0.15, 0.2) is 85.0 Å². The summed E-state index contributed by atoms with van der Waals surface area (Å²) in [6, 6.07) is 21.6. The molecule has 0 heterocycles. The van der Waals surface area contributed by atoms with E-state index in [4.69, 9.17) is 0 Å². The number of hydrogen-bond acceptors (Lipinski definition) is 0. The van der Waals surface area contributed by atoms with E-state index in [1.807, 2.05) is 0 Å². The highest BCUT2D eigenvalue weighted by Gasteiger charge is 2.21. The molecule has 0 heteroatoms. The van der Waals surface area contributed by atoms with Gasteiger partial charge in [-0.2, -0.15) is 0 Å². The molecule has 0 saturated heterocycles. The quantitative estimate of drug-likeness (QED) is 0.672. The van der Waals surface area contributed by atoms with Gasteiger partial charge in [0, 0.05) is 11.8 Å². The van der Waals surface area contributed by atoms with E-state index >= 15 is 0 Å². The van der Waals surface area contributed by atoms with Crippen molar-refractivity contribution in [2.75, 3.05) is 0 Å². The van der Waals surface area contributed by atoms with Gasteiger partial charge in [0.1, 0.15) is 0 Å². The SMILES string of the molecule is C1=CC(C(c2ccccc2)c2ccccc2)C=CC1.